The third-order valence-electron chi connectivity index (χ3n) is 3.79. The van der Waals surface area contributed by atoms with E-state index >= 15 is 0 Å². The molecular weight excluding hydrogens is 336 g/mol. The Morgan fingerprint density at radius 3 is 2.31 bits per heavy atom. The van der Waals surface area contributed by atoms with E-state index in [-0.39, 0.29) is 24.8 Å². The van der Waals surface area contributed by atoms with Gasteiger partial charge in [-0.2, -0.15) is 0 Å². The molecule has 1 amide bonds. The molecule has 1 aliphatic heterocycles. The number of nitrogens with one attached hydrogen (secondary N) is 1. The van der Waals surface area contributed by atoms with Crippen LogP contribution in [0.1, 0.15) is 34.6 Å². The lowest BCUT2D eigenvalue weighted by Gasteiger charge is -2.32. The summed E-state index contributed by atoms with van der Waals surface area (Å²) in [5, 5.41) is 3.01. The first-order valence-corrected chi connectivity index (χ1v) is 8.41. The molecule has 0 saturated heterocycles. The van der Waals surface area contributed by atoms with Crippen molar-refractivity contribution in [3.8, 4) is 5.75 Å². The first-order valence-electron chi connectivity index (χ1n) is 8.41. The minimum atomic E-state index is -0.508. The standard InChI is InChI=1S/C19H24N2O5/c1-6-25-18(24)15-11-21(19(3,4)5)17(23)16(15)20-13-7-9-14(10-8-13)26-12(2)22/h7-10,20H,6,11H2,1-5H3. The fourth-order valence-corrected chi connectivity index (χ4v) is 2.55. The van der Waals surface area contributed by atoms with Crippen molar-refractivity contribution in [3.05, 3.63) is 35.5 Å². The van der Waals surface area contributed by atoms with Gasteiger partial charge in [-0.1, -0.05) is 0 Å². The van der Waals surface area contributed by atoms with Crippen molar-refractivity contribution in [2.75, 3.05) is 18.5 Å². The maximum Gasteiger partial charge on any atom is 0.338 e. The summed E-state index contributed by atoms with van der Waals surface area (Å²) in [6.07, 6.45) is 0. The Hall–Kier alpha value is -2.83. The van der Waals surface area contributed by atoms with Gasteiger partial charge in [0.15, 0.2) is 0 Å². The highest BCUT2D eigenvalue weighted by Crippen LogP contribution is 2.29. The number of hydrogen-bond acceptors (Lipinski definition) is 6. The average Bonchev–Trinajstić information content (AvgIpc) is 2.86. The van der Waals surface area contributed by atoms with Crippen molar-refractivity contribution in [2.24, 2.45) is 0 Å². The largest absolute Gasteiger partial charge is 0.463 e. The van der Waals surface area contributed by atoms with Crippen LogP contribution in [0, 0.1) is 0 Å². The molecule has 0 bridgehead atoms. The Bertz CT molecular complexity index is 744. The molecule has 26 heavy (non-hydrogen) atoms. The lowest BCUT2D eigenvalue weighted by atomic mass is 10.1. The molecule has 140 valence electrons. The number of esters is 2. The van der Waals surface area contributed by atoms with Crippen molar-refractivity contribution >= 4 is 23.5 Å². The van der Waals surface area contributed by atoms with E-state index in [9.17, 15) is 14.4 Å². The third kappa shape index (κ3) is 4.41. The molecule has 1 aliphatic rings. The number of amides is 1. The van der Waals surface area contributed by atoms with Gasteiger partial charge < -0.3 is 19.7 Å². The van der Waals surface area contributed by atoms with E-state index in [1.165, 1.54) is 6.92 Å². The number of anilines is 1. The molecule has 1 aromatic rings. The molecule has 2 rings (SSSR count). The fraction of sp³-hybridized carbons (Fsp3) is 0.421. The van der Waals surface area contributed by atoms with Crippen LogP contribution in [0.3, 0.4) is 0 Å². The molecule has 0 fully saturated rings. The predicted octanol–water partition coefficient (Wildman–Crippen LogP) is 2.48. The van der Waals surface area contributed by atoms with Gasteiger partial charge >= 0.3 is 11.9 Å². The van der Waals surface area contributed by atoms with Crippen molar-refractivity contribution < 1.29 is 23.9 Å². The molecule has 0 saturated carbocycles. The monoisotopic (exact) mass is 360 g/mol. The van der Waals surface area contributed by atoms with Crippen LogP contribution in [-0.4, -0.2) is 41.4 Å². The summed E-state index contributed by atoms with van der Waals surface area (Å²) in [5.41, 5.74) is 0.675. The Balaban J connectivity index is 2.29. The van der Waals surface area contributed by atoms with E-state index in [4.69, 9.17) is 9.47 Å². The molecule has 1 aromatic carbocycles. The Morgan fingerprint density at radius 1 is 1.19 bits per heavy atom. The first-order chi connectivity index (χ1) is 12.1. The molecule has 0 aliphatic carbocycles. The summed E-state index contributed by atoms with van der Waals surface area (Å²) in [6, 6.07) is 6.55. The number of rotatable bonds is 5. The van der Waals surface area contributed by atoms with Gasteiger partial charge in [-0.3, -0.25) is 9.59 Å². The number of carbonyl (C=O) groups is 3. The van der Waals surface area contributed by atoms with Crippen LogP contribution >= 0.6 is 0 Å². The van der Waals surface area contributed by atoms with Gasteiger partial charge in [-0.25, -0.2) is 4.79 Å². The van der Waals surface area contributed by atoms with E-state index in [1.807, 2.05) is 20.8 Å². The molecule has 7 nitrogen and oxygen atoms in total. The second-order valence-electron chi connectivity index (χ2n) is 6.88. The van der Waals surface area contributed by atoms with E-state index < -0.39 is 17.5 Å². The smallest absolute Gasteiger partial charge is 0.338 e. The van der Waals surface area contributed by atoms with Gasteiger partial charge in [-0.05, 0) is 52.0 Å². The van der Waals surface area contributed by atoms with Crippen molar-refractivity contribution in [3.63, 3.8) is 0 Å². The van der Waals surface area contributed by atoms with Crippen LogP contribution in [0.4, 0.5) is 5.69 Å². The summed E-state index contributed by atoms with van der Waals surface area (Å²) >= 11 is 0. The second kappa shape index (κ2) is 7.59. The zero-order valence-electron chi connectivity index (χ0n) is 15.7. The van der Waals surface area contributed by atoms with Crippen LogP contribution in [0.25, 0.3) is 0 Å². The maximum absolute atomic E-state index is 12.8. The van der Waals surface area contributed by atoms with Gasteiger partial charge in [0.1, 0.15) is 11.4 Å². The number of hydrogen-bond donors (Lipinski definition) is 1. The Morgan fingerprint density at radius 2 is 1.81 bits per heavy atom. The Labute approximate surface area is 153 Å². The number of carbonyl (C=O) groups excluding carboxylic acids is 3. The summed E-state index contributed by atoms with van der Waals surface area (Å²) in [7, 11) is 0. The van der Waals surface area contributed by atoms with Crippen LogP contribution < -0.4 is 10.1 Å². The van der Waals surface area contributed by atoms with Crippen LogP contribution in [0.2, 0.25) is 0 Å². The SMILES string of the molecule is CCOC(=O)C1=C(Nc2ccc(OC(C)=O)cc2)C(=O)N(C(C)(C)C)C1. The quantitative estimate of drug-likeness (QED) is 0.641. The Kier molecular flexibility index (Phi) is 5.69. The van der Waals surface area contributed by atoms with Gasteiger partial charge in [0.05, 0.1) is 18.7 Å². The minimum Gasteiger partial charge on any atom is -0.463 e. The van der Waals surface area contributed by atoms with Crippen molar-refractivity contribution in [1.82, 2.24) is 4.90 Å². The zero-order chi connectivity index (χ0) is 19.5. The van der Waals surface area contributed by atoms with Gasteiger partial charge in [0.25, 0.3) is 5.91 Å². The first kappa shape index (κ1) is 19.5. The third-order valence-corrected chi connectivity index (χ3v) is 3.79. The van der Waals surface area contributed by atoms with Gasteiger partial charge in [0, 0.05) is 18.2 Å². The molecule has 0 spiro atoms. The summed E-state index contributed by atoms with van der Waals surface area (Å²) < 4.78 is 10.1. The maximum atomic E-state index is 12.8. The van der Waals surface area contributed by atoms with Crippen LogP contribution in [0.15, 0.2) is 35.5 Å². The van der Waals surface area contributed by atoms with Gasteiger partial charge in [-0.15, -0.1) is 0 Å². The normalized spacial score (nSPS) is 14.5. The van der Waals surface area contributed by atoms with Crippen molar-refractivity contribution in [2.45, 2.75) is 40.2 Å². The van der Waals surface area contributed by atoms with Crippen molar-refractivity contribution in [1.29, 1.82) is 0 Å². The number of ether oxygens (including phenoxy) is 2. The van der Waals surface area contributed by atoms with E-state index in [0.717, 1.165) is 0 Å². The molecule has 0 radical (unpaired) electrons. The second-order valence-corrected chi connectivity index (χ2v) is 6.88. The zero-order valence-corrected chi connectivity index (χ0v) is 15.7. The highest BCUT2D eigenvalue weighted by molar-refractivity contribution is 6.08. The molecule has 1 N–H and O–H groups in total. The van der Waals surface area contributed by atoms with E-state index in [2.05, 4.69) is 5.32 Å². The lowest BCUT2D eigenvalue weighted by molar-refractivity contribution is -0.138. The molecule has 0 unspecified atom stereocenters. The summed E-state index contributed by atoms with van der Waals surface area (Å²) in [5.74, 6) is -0.780. The lowest BCUT2D eigenvalue weighted by Crippen LogP contribution is -2.44. The summed E-state index contributed by atoms with van der Waals surface area (Å²) in [6.45, 7) is 9.18. The van der Waals surface area contributed by atoms with Gasteiger partial charge in [0.2, 0.25) is 0 Å². The molecule has 0 atom stereocenters. The average molecular weight is 360 g/mol. The van der Waals surface area contributed by atoms with E-state index in [0.29, 0.717) is 17.0 Å². The number of nitrogens with zero attached hydrogens (tertiary/aromatic N) is 1. The van der Waals surface area contributed by atoms with E-state index in [1.54, 1.807) is 36.1 Å². The highest BCUT2D eigenvalue weighted by Gasteiger charge is 2.40. The molecule has 1 heterocycles. The highest BCUT2D eigenvalue weighted by atomic mass is 16.5. The fourth-order valence-electron chi connectivity index (χ4n) is 2.55. The topological polar surface area (TPSA) is 84.9 Å². The molecular formula is C19H24N2O5. The summed E-state index contributed by atoms with van der Waals surface area (Å²) in [4.78, 5) is 37.7. The molecule has 0 aromatic heterocycles. The van der Waals surface area contributed by atoms with Crippen LogP contribution in [-0.2, 0) is 19.1 Å². The van der Waals surface area contributed by atoms with Crippen LogP contribution in [0.5, 0.6) is 5.75 Å². The number of benzene rings is 1. The minimum absolute atomic E-state index is 0.190. The predicted molar refractivity (Wildman–Crippen MR) is 96.5 cm³/mol. The molecule has 7 heteroatoms.